The van der Waals surface area contributed by atoms with Crippen LogP contribution in [0.15, 0.2) is 72.9 Å². The van der Waals surface area contributed by atoms with Crippen molar-refractivity contribution in [2.75, 3.05) is 0 Å². The molecule has 0 aliphatic heterocycles. The maximum atomic E-state index is 4.56. The van der Waals surface area contributed by atoms with Crippen LogP contribution in [0.2, 0.25) is 0 Å². The first-order valence-corrected chi connectivity index (χ1v) is 11.0. The lowest BCUT2D eigenvalue weighted by molar-refractivity contribution is 0.344. The Bertz CT molecular complexity index is 907. The van der Waals surface area contributed by atoms with Gasteiger partial charge in [-0.15, -0.1) is 0 Å². The summed E-state index contributed by atoms with van der Waals surface area (Å²) in [4.78, 5) is 4.56. The van der Waals surface area contributed by atoms with Gasteiger partial charge in [0, 0.05) is 11.8 Å². The van der Waals surface area contributed by atoms with Gasteiger partial charge in [-0.1, -0.05) is 80.3 Å². The Morgan fingerprint density at radius 3 is 2.21 bits per heavy atom. The lowest BCUT2D eigenvalue weighted by Crippen LogP contribution is -2.07. The zero-order valence-electron chi connectivity index (χ0n) is 16.6. The number of aromatic nitrogens is 1. The fourth-order valence-corrected chi connectivity index (χ4v) is 5.50. The number of hydrogen-bond donors (Lipinski definition) is 0. The topological polar surface area (TPSA) is 12.9 Å². The van der Waals surface area contributed by atoms with Crippen LogP contribution in [0.25, 0.3) is 22.4 Å². The summed E-state index contributed by atoms with van der Waals surface area (Å²) >= 11 is 0. The van der Waals surface area contributed by atoms with Crippen molar-refractivity contribution in [3.8, 4) is 22.4 Å². The highest BCUT2D eigenvalue weighted by molar-refractivity contribution is 5.70. The molecule has 2 unspecified atom stereocenters. The van der Waals surface area contributed by atoms with Crippen LogP contribution in [-0.4, -0.2) is 4.98 Å². The maximum Gasteiger partial charge on any atom is 0.0708 e. The van der Waals surface area contributed by atoms with E-state index in [2.05, 4.69) is 65.6 Å². The summed E-state index contributed by atoms with van der Waals surface area (Å²) in [5, 5.41) is 0. The molecule has 142 valence electrons. The molecule has 1 nitrogen and oxygen atoms in total. The normalized spacial score (nSPS) is 22.6. The molecule has 2 fully saturated rings. The molecule has 2 aliphatic rings. The Balaban J connectivity index is 1.32. The minimum atomic E-state index is 0.775. The highest BCUT2D eigenvalue weighted by atomic mass is 14.7. The summed E-state index contributed by atoms with van der Waals surface area (Å²) < 4.78 is 0. The summed E-state index contributed by atoms with van der Waals surface area (Å²) in [5.74, 6) is 2.79. The summed E-state index contributed by atoms with van der Waals surface area (Å²) in [7, 11) is 0. The number of nitrogens with zero attached hydrogens (tertiary/aromatic N) is 1. The number of rotatable bonds is 4. The minimum Gasteiger partial charge on any atom is -0.256 e. The third-order valence-electron chi connectivity index (χ3n) is 7.08. The molecule has 0 spiro atoms. The molecular formula is C27H29N. The first-order valence-electron chi connectivity index (χ1n) is 11.0. The van der Waals surface area contributed by atoms with Crippen LogP contribution in [0.4, 0.5) is 0 Å². The number of benzene rings is 2. The molecule has 2 atom stereocenters. The van der Waals surface area contributed by atoms with Gasteiger partial charge in [-0.3, -0.25) is 4.98 Å². The minimum absolute atomic E-state index is 0.775. The summed E-state index contributed by atoms with van der Waals surface area (Å²) in [6, 6.07) is 24.1. The van der Waals surface area contributed by atoms with Crippen LogP contribution < -0.4 is 0 Å². The molecule has 0 saturated heterocycles. The second-order valence-corrected chi connectivity index (χ2v) is 8.73. The zero-order chi connectivity index (χ0) is 18.8. The predicted molar refractivity (Wildman–Crippen MR) is 117 cm³/mol. The molecular weight excluding hydrogens is 338 g/mol. The molecule has 1 aromatic heterocycles. The van der Waals surface area contributed by atoms with E-state index in [-0.39, 0.29) is 0 Å². The van der Waals surface area contributed by atoms with Crippen molar-refractivity contribution in [1.82, 2.24) is 4.98 Å². The van der Waals surface area contributed by atoms with Crippen LogP contribution in [0.3, 0.4) is 0 Å². The van der Waals surface area contributed by atoms with Crippen molar-refractivity contribution in [2.24, 2.45) is 11.8 Å². The van der Waals surface area contributed by atoms with Crippen molar-refractivity contribution in [1.29, 1.82) is 0 Å². The van der Waals surface area contributed by atoms with E-state index in [1.165, 1.54) is 61.6 Å². The van der Waals surface area contributed by atoms with E-state index < -0.39 is 0 Å². The van der Waals surface area contributed by atoms with Crippen molar-refractivity contribution < 1.29 is 0 Å². The Labute approximate surface area is 168 Å². The average molecular weight is 368 g/mol. The first kappa shape index (κ1) is 17.7. The molecule has 1 heteroatoms. The van der Waals surface area contributed by atoms with E-state index >= 15 is 0 Å². The van der Waals surface area contributed by atoms with Gasteiger partial charge in [0.2, 0.25) is 0 Å². The second kappa shape index (κ2) is 7.91. The molecule has 0 bridgehead atoms. The van der Waals surface area contributed by atoms with Gasteiger partial charge >= 0.3 is 0 Å². The fourth-order valence-electron chi connectivity index (χ4n) is 5.50. The third kappa shape index (κ3) is 3.63. The van der Waals surface area contributed by atoms with Gasteiger partial charge in [0.15, 0.2) is 0 Å². The van der Waals surface area contributed by atoms with Crippen LogP contribution in [-0.2, 0) is 0 Å². The van der Waals surface area contributed by atoms with Gasteiger partial charge in [0.1, 0.15) is 0 Å². The van der Waals surface area contributed by atoms with E-state index in [0.29, 0.717) is 0 Å². The van der Waals surface area contributed by atoms with E-state index in [4.69, 9.17) is 0 Å². The zero-order valence-corrected chi connectivity index (χ0v) is 16.6. The van der Waals surface area contributed by atoms with Gasteiger partial charge in [-0.25, -0.2) is 0 Å². The first-order chi connectivity index (χ1) is 13.9. The number of pyridine rings is 1. The molecule has 3 aromatic rings. The van der Waals surface area contributed by atoms with Crippen molar-refractivity contribution in [3.63, 3.8) is 0 Å². The lowest BCUT2D eigenvalue weighted by Gasteiger charge is -2.18. The Hall–Kier alpha value is -2.41. The van der Waals surface area contributed by atoms with Gasteiger partial charge in [-0.2, -0.15) is 0 Å². The maximum absolute atomic E-state index is 4.56. The third-order valence-corrected chi connectivity index (χ3v) is 7.08. The molecule has 1 heterocycles. The van der Waals surface area contributed by atoms with Gasteiger partial charge in [0.05, 0.1) is 5.69 Å². The highest BCUT2D eigenvalue weighted by Crippen LogP contribution is 2.46. The van der Waals surface area contributed by atoms with E-state index in [9.17, 15) is 0 Å². The SMILES string of the molecule is c1ccc(-c2cc(-c3ccc(C4CCC(C5CCCC5)C4)cc3)ccn2)cc1. The summed E-state index contributed by atoms with van der Waals surface area (Å²) in [6.45, 7) is 0. The largest absolute Gasteiger partial charge is 0.256 e. The van der Waals surface area contributed by atoms with Gasteiger partial charge < -0.3 is 0 Å². The lowest BCUT2D eigenvalue weighted by atomic mass is 9.87. The summed E-state index contributed by atoms with van der Waals surface area (Å²) in [5.41, 5.74) is 6.29. The monoisotopic (exact) mass is 367 g/mol. The molecule has 2 saturated carbocycles. The van der Waals surface area contributed by atoms with Gasteiger partial charge in [0.25, 0.3) is 0 Å². The molecule has 0 N–H and O–H groups in total. The molecule has 5 rings (SSSR count). The number of hydrogen-bond acceptors (Lipinski definition) is 1. The molecule has 2 aliphatic carbocycles. The highest BCUT2D eigenvalue weighted by Gasteiger charge is 2.32. The standard InChI is InChI=1S/C27H29N/c1-2-8-23(9-3-1)27-19-26(16-17-28-27)22-12-10-21(11-13-22)25-15-14-24(18-25)20-6-4-5-7-20/h1-3,8-13,16-17,19-20,24-25H,4-7,14-15,18H2. The Morgan fingerprint density at radius 1 is 0.643 bits per heavy atom. The predicted octanol–water partition coefficient (Wildman–Crippen LogP) is 7.49. The van der Waals surface area contributed by atoms with Gasteiger partial charge in [-0.05, 0) is 65.8 Å². The van der Waals surface area contributed by atoms with E-state index in [1.807, 2.05) is 12.3 Å². The Kier molecular flexibility index (Phi) is 4.99. The second-order valence-electron chi connectivity index (χ2n) is 8.73. The molecule has 0 amide bonds. The van der Waals surface area contributed by atoms with Crippen LogP contribution >= 0.6 is 0 Å². The van der Waals surface area contributed by atoms with Crippen LogP contribution in [0, 0.1) is 11.8 Å². The quantitative estimate of drug-likeness (QED) is 0.465. The molecule has 28 heavy (non-hydrogen) atoms. The van der Waals surface area contributed by atoms with Crippen LogP contribution in [0.5, 0.6) is 0 Å². The average Bonchev–Trinajstić information content (AvgIpc) is 3.47. The smallest absolute Gasteiger partial charge is 0.0708 e. The fraction of sp³-hybridized carbons (Fsp3) is 0.370. The van der Waals surface area contributed by atoms with E-state index in [1.54, 1.807) is 5.56 Å². The Morgan fingerprint density at radius 2 is 1.43 bits per heavy atom. The van der Waals surface area contributed by atoms with Crippen LogP contribution in [0.1, 0.15) is 56.4 Å². The van der Waals surface area contributed by atoms with Crippen molar-refractivity contribution in [3.05, 3.63) is 78.5 Å². The van der Waals surface area contributed by atoms with Crippen molar-refractivity contribution >= 4 is 0 Å². The molecule has 0 radical (unpaired) electrons. The molecule has 2 aromatic carbocycles. The van der Waals surface area contributed by atoms with Crippen molar-refractivity contribution in [2.45, 2.75) is 50.9 Å². The summed E-state index contributed by atoms with van der Waals surface area (Å²) in [6.07, 6.45) is 12.1. The van der Waals surface area contributed by atoms with E-state index in [0.717, 1.165) is 23.4 Å².